The first-order valence-corrected chi connectivity index (χ1v) is 6.75. The Kier molecular flexibility index (Phi) is 6.12. The predicted molar refractivity (Wildman–Crippen MR) is 80.8 cm³/mol. The number of amides is 1. The zero-order valence-electron chi connectivity index (χ0n) is 12.0. The number of halogens is 1. The Balaban J connectivity index is 2.72. The molecule has 4 nitrogen and oxygen atoms in total. The predicted octanol–water partition coefficient (Wildman–Crippen LogP) is 2.02. The van der Waals surface area contributed by atoms with E-state index in [-0.39, 0.29) is 5.91 Å². The number of nitrogens with one attached hydrogen (secondary N) is 2. The normalized spacial score (nSPS) is 10.6. The van der Waals surface area contributed by atoms with E-state index in [4.69, 9.17) is 11.6 Å². The number of nitrogens with zero attached hydrogens (tertiary/aromatic N) is 1. The van der Waals surface area contributed by atoms with E-state index in [9.17, 15) is 4.79 Å². The van der Waals surface area contributed by atoms with E-state index in [0.717, 1.165) is 22.8 Å². The van der Waals surface area contributed by atoms with Crippen molar-refractivity contribution in [3.8, 4) is 0 Å². The van der Waals surface area contributed by atoms with Crippen molar-refractivity contribution in [3.05, 3.63) is 28.8 Å². The molecule has 0 fully saturated rings. The van der Waals surface area contributed by atoms with Gasteiger partial charge in [0.1, 0.15) is 0 Å². The van der Waals surface area contributed by atoms with Gasteiger partial charge >= 0.3 is 0 Å². The first-order chi connectivity index (χ1) is 8.93. The minimum Gasteiger partial charge on any atom is -0.365 e. The van der Waals surface area contributed by atoms with Crippen LogP contribution in [0, 0.1) is 0 Å². The van der Waals surface area contributed by atoms with E-state index >= 15 is 0 Å². The van der Waals surface area contributed by atoms with Crippen molar-refractivity contribution in [1.82, 2.24) is 10.6 Å². The molecule has 0 saturated heterocycles. The van der Waals surface area contributed by atoms with Crippen molar-refractivity contribution in [2.75, 3.05) is 25.5 Å². The maximum Gasteiger partial charge on any atom is 0.239 e. The fourth-order valence-corrected chi connectivity index (χ4v) is 1.86. The molecule has 0 spiro atoms. The fourth-order valence-electron chi connectivity index (χ4n) is 1.62. The average molecular weight is 284 g/mol. The van der Waals surface area contributed by atoms with Gasteiger partial charge in [0.2, 0.25) is 5.91 Å². The summed E-state index contributed by atoms with van der Waals surface area (Å²) in [5.74, 6) is -0.0239. The largest absolute Gasteiger partial charge is 0.365 e. The number of hydrogen-bond donors (Lipinski definition) is 2. The van der Waals surface area contributed by atoms with Gasteiger partial charge in [-0.1, -0.05) is 31.5 Å². The van der Waals surface area contributed by atoms with Gasteiger partial charge in [0.25, 0.3) is 0 Å². The third-order valence-electron chi connectivity index (χ3n) is 2.84. The number of rotatable bonds is 6. The first kappa shape index (κ1) is 15.8. The maximum absolute atomic E-state index is 11.3. The van der Waals surface area contributed by atoms with Crippen molar-refractivity contribution in [2.45, 2.75) is 26.4 Å². The maximum atomic E-state index is 11.3. The van der Waals surface area contributed by atoms with Gasteiger partial charge in [-0.2, -0.15) is 0 Å². The fraction of sp³-hybridized carbons (Fsp3) is 0.500. The minimum absolute atomic E-state index is 0.0239. The van der Waals surface area contributed by atoms with Crippen LogP contribution in [-0.4, -0.2) is 32.6 Å². The third-order valence-corrected chi connectivity index (χ3v) is 3.19. The molecule has 0 saturated carbocycles. The smallest absolute Gasteiger partial charge is 0.239 e. The summed E-state index contributed by atoms with van der Waals surface area (Å²) in [5, 5.41) is 6.65. The Labute approximate surface area is 120 Å². The summed E-state index contributed by atoms with van der Waals surface area (Å²) in [7, 11) is 3.50. The van der Waals surface area contributed by atoms with E-state index in [1.165, 1.54) is 0 Å². The lowest BCUT2D eigenvalue weighted by Crippen LogP contribution is -2.32. The molecule has 1 rings (SSSR count). The third kappa shape index (κ3) is 5.09. The Morgan fingerprint density at radius 3 is 2.63 bits per heavy atom. The second-order valence-corrected chi connectivity index (χ2v) is 5.25. The van der Waals surface area contributed by atoms with Crippen molar-refractivity contribution in [1.29, 1.82) is 0 Å². The SMILES string of the molecule is CNC(=O)CN(C)c1ccc(CNC(C)C)c(Cl)c1. The second-order valence-electron chi connectivity index (χ2n) is 4.84. The highest BCUT2D eigenvalue weighted by Gasteiger charge is 2.08. The molecule has 0 aliphatic heterocycles. The van der Waals surface area contributed by atoms with E-state index in [2.05, 4.69) is 24.5 Å². The van der Waals surface area contributed by atoms with Gasteiger partial charge in [-0.15, -0.1) is 0 Å². The van der Waals surface area contributed by atoms with Crippen molar-refractivity contribution >= 4 is 23.2 Å². The lowest BCUT2D eigenvalue weighted by Gasteiger charge is -2.19. The molecule has 19 heavy (non-hydrogen) atoms. The van der Waals surface area contributed by atoms with Crippen LogP contribution < -0.4 is 15.5 Å². The molecule has 0 aromatic heterocycles. The average Bonchev–Trinajstić information content (AvgIpc) is 2.36. The number of carbonyl (C=O) groups is 1. The summed E-state index contributed by atoms with van der Waals surface area (Å²) < 4.78 is 0. The lowest BCUT2D eigenvalue weighted by atomic mass is 10.2. The Bertz CT molecular complexity index is 435. The number of benzene rings is 1. The zero-order valence-corrected chi connectivity index (χ0v) is 12.7. The molecule has 5 heteroatoms. The van der Waals surface area contributed by atoms with Crippen LogP contribution in [-0.2, 0) is 11.3 Å². The molecule has 0 aliphatic rings. The number of hydrogen-bond acceptors (Lipinski definition) is 3. The summed E-state index contributed by atoms with van der Waals surface area (Å²) >= 11 is 6.26. The van der Waals surface area contributed by atoms with E-state index in [0.29, 0.717) is 12.6 Å². The molecule has 1 aromatic carbocycles. The molecule has 0 aliphatic carbocycles. The van der Waals surface area contributed by atoms with E-state index < -0.39 is 0 Å². The highest BCUT2D eigenvalue weighted by molar-refractivity contribution is 6.31. The van der Waals surface area contributed by atoms with Crippen LogP contribution in [0.25, 0.3) is 0 Å². The molecule has 0 bridgehead atoms. The van der Waals surface area contributed by atoms with Gasteiger partial charge in [0, 0.05) is 37.4 Å². The number of carbonyl (C=O) groups excluding carboxylic acids is 1. The van der Waals surface area contributed by atoms with Crippen LogP contribution in [0.4, 0.5) is 5.69 Å². The summed E-state index contributed by atoms with van der Waals surface area (Å²) in [6.45, 7) is 5.26. The lowest BCUT2D eigenvalue weighted by molar-refractivity contribution is -0.119. The molecule has 2 N–H and O–H groups in total. The summed E-state index contributed by atoms with van der Waals surface area (Å²) in [6.07, 6.45) is 0. The van der Waals surface area contributed by atoms with Gasteiger partial charge in [-0.25, -0.2) is 0 Å². The van der Waals surface area contributed by atoms with Gasteiger partial charge in [0.05, 0.1) is 6.54 Å². The monoisotopic (exact) mass is 283 g/mol. The molecule has 0 heterocycles. The molecule has 1 amide bonds. The van der Waals surface area contributed by atoms with Crippen LogP contribution in [0.2, 0.25) is 5.02 Å². The Morgan fingerprint density at radius 2 is 2.11 bits per heavy atom. The first-order valence-electron chi connectivity index (χ1n) is 6.37. The highest BCUT2D eigenvalue weighted by atomic mass is 35.5. The van der Waals surface area contributed by atoms with E-state index in [1.807, 2.05) is 30.1 Å². The van der Waals surface area contributed by atoms with Crippen molar-refractivity contribution < 1.29 is 4.79 Å². The summed E-state index contributed by atoms with van der Waals surface area (Å²) in [5.41, 5.74) is 1.99. The van der Waals surface area contributed by atoms with Crippen LogP contribution in [0.5, 0.6) is 0 Å². The van der Waals surface area contributed by atoms with Crippen LogP contribution in [0.3, 0.4) is 0 Å². The Morgan fingerprint density at radius 1 is 1.42 bits per heavy atom. The topological polar surface area (TPSA) is 44.4 Å². The van der Waals surface area contributed by atoms with Crippen LogP contribution >= 0.6 is 11.6 Å². The molecular formula is C14H22ClN3O. The molecule has 0 radical (unpaired) electrons. The minimum atomic E-state index is -0.0239. The summed E-state index contributed by atoms with van der Waals surface area (Å²) in [4.78, 5) is 13.2. The van der Waals surface area contributed by atoms with Crippen LogP contribution in [0.1, 0.15) is 19.4 Å². The summed E-state index contributed by atoms with van der Waals surface area (Å²) in [6, 6.07) is 6.29. The molecular weight excluding hydrogens is 262 g/mol. The van der Waals surface area contributed by atoms with E-state index in [1.54, 1.807) is 7.05 Å². The molecule has 106 valence electrons. The van der Waals surface area contributed by atoms with Crippen LogP contribution in [0.15, 0.2) is 18.2 Å². The second kappa shape index (κ2) is 7.36. The highest BCUT2D eigenvalue weighted by Crippen LogP contribution is 2.23. The van der Waals surface area contributed by atoms with Crippen molar-refractivity contribution in [3.63, 3.8) is 0 Å². The van der Waals surface area contributed by atoms with Gasteiger partial charge in [0.15, 0.2) is 0 Å². The standard InChI is InChI=1S/C14H22ClN3O/c1-10(2)17-8-11-5-6-12(7-13(11)15)18(4)9-14(19)16-3/h5-7,10,17H,8-9H2,1-4H3,(H,16,19). The van der Waals surface area contributed by atoms with Gasteiger partial charge in [-0.05, 0) is 17.7 Å². The Hall–Kier alpha value is -1.26. The number of likely N-dealkylation sites (N-methyl/N-ethyl adjacent to an activating group) is 2. The number of anilines is 1. The molecule has 1 aromatic rings. The quantitative estimate of drug-likeness (QED) is 0.840. The zero-order chi connectivity index (χ0) is 14.4. The van der Waals surface area contributed by atoms with Gasteiger partial charge < -0.3 is 15.5 Å². The van der Waals surface area contributed by atoms with Gasteiger partial charge in [-0.3, -0.25) is 4.79 Å². The molecule has 0 unspecified atom stereocenters. The molecule has 0 atom stereocenters. The van der Waals surface area contributed by atoms with Crippen molar-refractivity contribution in [2.24, 2.45) is 0 Å².